The first-order valence-electron chi connectivity index (χ1n) is 44.3. The van der Waals surface area contributed by atoms with Gasteiger partial charge < -0.3 is 31.3 Å². The number of nitrogens with zero attached hydrogens (tertiary/aromatic N) is 25. The maximum atomic E-state index is 11.9. The molecule has 2 bridgehead atoms. The summed E-state index contributed by atoms with van der Waals surface area (Å²) in [7, 11) is 7.13. The zero-order valence-electron chi connectivity index (χ0n) is 75.9. The lowest BCUT2D eigenvalue weighted by atomic mass is 9.39. The number of aliphatic hydroxyl groups is 1. The molecule has 6 aliphatic rings. The molecule has 4 aromatic carbocycles. The van der Waals surface area contributed by atoms with Crippen LogP contribution in [0.3, 0.4) is 0 Å². The molecule has 134 heavy (non-hydrogen) atoms. The van der Waals surface area contributed by atoms with Gasteiger partial charge in [-0.25, -0.2) is 61.4 Å². The van der Waals surface area contributed by atoms with E-state index < -0.39 is 19.9 Å². The highest BCUT2D eigenvalue weighted by molar-refractivity contribution is 7.91. The molecular weight excluding hydrogens is 1750 g/mol. The van der Waals surface area contributed by atoms with Crippen LogP contribution in [0.15, 0.2) is 209 Å². The number of sulfone groups is 1. The van der Waals surface area contributed by atoms with Crippen LogP contribution < -0.4 is 30.9 Å². The minimum Gasteiger partial charge on any atom is -0.391 e. The molecule has 0 spiro atoms. The first-order chi connectivity index (χ1) is 64.5. The van der Waals surface area contributed by atoms with Gasteiger partial charge in [-0.15, -0.1) is 10.2 Å². The van der Waals surface area contributed by atoms with E-state index in [4.69, 9.17) is 29.9 Å². The Hall–Kier alpha value is -14.3. The summed E-state index contributed by atoms with van der Waals surface area (Å²) in [5.74, 6) is 5.86. The minimum absolute atomic E-state index is 0.00933. The van der Waals surface area contributed by atoms with Crippen LogP contribution >= 0.6 is 11.3 Å². The van der Waals surface area contributed by atoms with E-state index in [-0.39, 0.29) is 52.6 Å². The monoisotopic (exact) mass is 1860 g/mol. The lowest BCUT2D eigenvalue weighted by molar-refractivity contribution is -0.119. The third kappa shape index (κ3) is 21.1. The third-order valence-electron chi connectivity index (χ3n) is 24.7. The Bertz CT molecular complexity index is 7170. The zero-order chi connectivity index (χ0) is 93.2. The lowest BCUT2D eigenvalue weighted by Gasteiger charge is -2.71. The van der Waals surface area contributed by atoms with Gasteiger partial charge in [-0.1, -0.05) is 97.0 Å². The SMILES string of the molecule is CC(=O)N[C@@H]1CCN(c2nc(-c3cccc(-c4cnn(C)c4)c3)ncc2-c2cnn(C)c2)C1.Cc1nnc(-c2cnc(-c3cccc(-c4cnn(C)c4)c3)nc2NC2CCS(=O)(=O)CC2)s1.Cn1cc(-c2cccc(-c3ncc(-c4cnn(C)c4)c(NC45CC(CNS(C)(=O)=O)(C4)C5)n3)c2)cn1.Cn1cc(-c2cccc(-c3ncc(-c4cnn(C)c4)c(NC4CCCCC4O)n3)c2)cn1. The largest absolute Gasteiger partial charge is 0.391 e. The predicted molar refractivity (Wildman–Crippen MR) is 516 cm³/mol. The van der Waals surface area contributed by atoms with Crippen molar-refractivity contribution in [2.45, 2.75) is 108 Å². The molecule has 12 aromatic heterocycles. The van der Waals surface area contributed by atoms with Gasteiger partial charge in [0.25, 0.3) is 0 Å². The maximum Gasteiger partial charge on any atom is 0.217 e. The van der Waals surface area contributed by atoms with Gasteiger partial charge in [0.1, 0.15) is 38.1 Å². The lowest BCUT2D eigenvalue weighted by Crippen LogP contribution is -2.73. The van der Waals surface area contributed by atoms with Gasteiger partial charge in [-0.2, -0.15) is 35.7 Å². The van der Waals surface area contributed by atoms with E-state index in [1.165, 1.54) is 17.6 Å². The third-order valence-corrected chi connectivity index (χ3v) is 27.9. The van der Waals surface area contributed by atoms with E-state index in [9.17, 15) is 26.7 Å². The predicted octanol–water partition coefficient (Wildman–Crippen LogP) is 12.5. The number of nitrogens with one attached hydrogen (secondary N) is 5. The summed E-state index contributed by atoms with van der Waals surface area (Å²) in [5, 5.41) is 64.2. The Morgan fingerprint density at radius 2 is 0.851 bits per heavy atom. The molecule has 2 aliphatic heterocycles. The molecule has 14 heterocycles. The number of sulfonamides is 1. The molecule has 4 saturated carbocycles. The number of anilines is 4. The summed E-state index contributed by atoms with van der Waals surface area (Å²) in [6, 6.07) is 32.6. The van der Waals surface area contributed by atoms with Crippen LogP contribution in [0, 0.1) is 12.3 Å². The van der Waals surface area contributed by atoms with Crippen LogP contribution in [0.1, 0.15) is 76.1 Å². The second-order valence-corrected chi connectivity index (χ2v) is 40.7. The highest BCUT2D eigenvalue weighted by atomic mass is 32.2. The number of aryl methyl sites for hydroxylation is 8. The smallest absolute Gasteiger partial charge is 0.217 e. The number of rotatable bonds is 23. The van der Waals surface area contributed by atoms with E-state index in [1.807, 2.05) is 222 Å². The van der Waals surface area contributed by atoms with Crippen LogP contribution in [-0.2, 0) is 74.0 Å². The van der Waals surface area contributed by atoms with Crippen LogP contribution in [-0.4, -0.2) is 214 Å². The van der Waals surface area contributed by atoms with Gasteiger partial charge in [0, 0.05) is 240 Å². The summed E-state index contributed by atoms with van der Waals surface area (Å²) in [6.45, 7) is 5.46. The summed E-state index contributed by atoms with van der Waals surface area (Å²) < 4.78 is 61.9. The molecule has 688 valence electrons. The Balaban J connectivity index is 0.000000120. The number of carbonyl (C=O) groups is 1. The summed E-state index contributed by atoms with van der Waals surface area (Å²) in [6.07, 6.45) is 43.3. The van der Waals surface area contributed by atoms with Crippen molar-refractivity contribution in [2.75, 3.05) is 58.2 Å². The van der Waals surface area contributed by atoms with Gasteiger partial charge in [0.15, 0.2) is 28.3 Å². The Kier molecular flexibility index (Phi) is 25.7. The normalized spacial score (nSPS) is 18.4. The van der Waals surface area contributed by atoms with Crippen LogP contribution in [0.2, 0.25) is 0 Å². The Labute approximate surface area is 779 Å². The summed E-state index contributed by atoms with van der Waals surface area (Å²) in [4.78, 5) is 52.2. The highest BCUT2D eigenvalue weighted by Gasteiger charge is 2.68. The van der Waals surface area contributed by atoms with Crippen molar-refractivity contribution >= 4 is 60.4 Å². The number of hydrogen-bond donors (Lipinski definition) is 6. The number of carbonyl (C=O) groups excluding carboxylic acids is 1. The first-order valence-corrected chi connectivity index (χ1v) is 48.8. The van der Waals surface area contributed by atoms with Crippen molar-refractivity contribution in [2.24, 2.45) is 54.7 Å². The second-order valence-electron chi connectivity index (χ2n) is 35.4. The second kappa shape index (κ2) is 38.1. The zero-order valence-corrected chi connectivity index (χ0v) is 78.4. The fourth-order valence-electron chi connectivity index (χ4n) is 18.0. The summed E-state index contributed by atoms with van der Waals surface area (Å²) >= 11 is 1.47. The molecule has 2 unspecified atom stereocenters. The van der Waals surface area contributed by atoms with Gasteiger partial charge >= 0.3 is 0 Å². The van der Waals surface area contributed by atoms with Crippen LogP contribution in [0.5, 0.6) is 0 Å². The fourth-order valence-corrected chi connectivity index (χ4v) is 20.8. The molecule has 36 nitrogen and oxygen atoms in total. The Morgan fingerprint density at radius 1 is 0.463 bits per heavy atom. The minimum atomic E-state index is -3.19. The fraction of sp³-hybridized carbons (Fsp3) is 0.326. The molecule has 39 heteroatoms. The van der Waals surface area contributed by atoms with Gasteiger partial charge in [0.05, 0.1) is 78.8 Å². The van der Waals surface area contributed by atoms with Crippen molar-refractivity contribution in [1.82, 2.24) is 129 Å². The number of aromatic nitrogens is 24. The number of aliphatic hydroxyl groups excluding tert-OH is 1. The van der Waals surface area contributed by atoms with E-state index in [1.54, 1.807) is 45.9 Å². The van der Waals surface area contributed by atoms with Gasteiger partial charge in [-0.3, -0.25) is 37.6 Å². The van der Waals surface area contributed by atoms with Crippen LogP contribution in [0.25, 0.3) is 134 Å². The molecule has 6 fully saturated rings. The van der Waals surface area contributed by atoms with Crippen molar-refractivity contribution in [3.63, 3.8) is 0 Å². The molecule has 3 atom stereocenters. The number of hydrogen-bond acceptors (Lipinski definition) is 28. The van der Waals surface area contributed by atoms with E-state index in [0.717, 1.165) is 191 Å². The number of benzene rings is 4. The molecular formula is C95H104N30O6S3. The maximum absolute atomic E-state index is 11.9. The van der Waals surface area contributed by atoms with Gasteiger partial charge in [-0.05, 0) is 110 Å². The topological polar surface area (TPSA) is 423 Å². The molecule has 6 N–H and O–H groups in total. The van der Waals surface area contributed by atoms with Crippen molar-refractivity contribution in [3.05, 3.63) is 214 Å². The van der Waals surface area contributed by atoms with E-state index >= 15 is 0 Å². The van der Waals surface area contributed by atoms with Crippen molar-refractivity contribution in [3.8, 4) is 134 Å². The quantitative estimate of drug-likeness (QED) is 0.0346. The van der Waals surface area contributed by atoms with Crippen molar-refractivity contribution in [1.29, 1.82) is 0 Å². The molecule has 0 radical (unpaired) electrons. The highest BCUT2D eigenvalue weighted by Crippen LogP contribution is 2.68. The average Bonchev–Trinajstić information content (AvgIpc) is 1.16. The van der Waals surface area contributed by atoms with Gasteiger partial charge in [0.2, 0.25) is 15.9 Å². The molecule has 4 aliphatic carbocycles. The molecule has 22 rings (SSSR count). The first kappa shape index (κ1) is 90.3. The molecule has 16 aromatic rings. The average molecular weight is 1860 g/mol. The number of amides is 1. The Morgan fingerprint density at radius 3 is 1.26 bits per heavy atom. The molecule has 1 amide bonds. The standard InChI is InChI=1S/C25H28N8O2S.C24H26N8O.C24H27N7O.C22H23N7O2S2/c1-32-11-19(8-27-32)17-5-4-6-18(7-17)22-26-10-21(20-9-28-33(2)12-20)23(30-22)31-25-13-24(14-25,15-25)16-29-36(3,34)35;1-16(33)28-21-7-8-32(15-21)24-22(20-11-27-31(3)14-20)12-25-23(29-24)18-6-4-5-17(9-18)19-10-26-30(2)13-19;1-30-14-18(11-26-30)16-6-5-7-17(10-16)23-25-13-20(19-12-27-31(2)15-19)24(29-23)28-21-8-3-4-9-22(21)32;1-14-27-28-22(32-14)19-12-23-20(26-21(19)25-18-6-8-33(30,31)9-7-18)16-5-3-4-15(10-16)17-11-24-29(2)13-17/h4-12,29H,13-16H2,1-3H3,(H,26,30,31);4-6,9-14,21H,7-8,15H2,1-3H3,(H,28,33);5-7,10-15,21-22,32H,3-4,8-9H2,1-2H3,(H,25,28,29);3-5,10-13,18H,6-9H2,1-2H3,(H,23,25,26)/t;21-;;/m.1../s1. The van der Waals surface area contributed by atoms with Crippen LogP contribution in [0.4, 0.5) is 23.3 Å². The van der Waals surface area contributed by atoms with E-state index in [2.05, 4.69) is 123 Å². The molecule has 2 saturated heterocycles. The van der Waals surface area contributed by atoms with Crippen molar-refractivity contribution < 1.29 is 26.7 Å². The summed E-state index contributed by atoms with van der Waals surface area (Å²) in [5.41, 5.74) is 18.3. The van der Waals surface area contributed by atoms with E-state index in [0.29, 0.717) is 55.0 Å².